The Morgan fingerprint density at radius 3 is 2.47 bits per heavy atom. The maximum absolute atomic E-state index is 13.5. The maximum atomic E-state index is 13.5. The number of alkyl halides is 3. The van der Waals surface area contributed by atoms with E-state index in [1.54, 1.807) is 6.07 Å². The van der Waals surface area contributed by atoms with Crippen LogP contribution in [-0.2, 0) is 27.7 Å². The van der Waals surface area contributed by atoms with Crippen molar-refractivity contribution in [3.63, 3.8) is 0 Å². The molecule has 2 aliphatic heterocycles. The van der Waals surface area contributed by atoms with Gasteiger partial charge in [0, 0.05) is 48.6 Å². The molecular formula is C28H29F3N2O3. The predicted octanol–water partition coefficient (Wildman–Crippen LogP) is 5.98. The zero-order valence-electron chi connectivity index (χ0n) is 20.4. The number of benzene rings is 1. The number of aliphatic hydroxyl groups excluding tert-OH is 1. The summed E-state index contributed by atoms with van der Waals surface area (Å²) in [6.45, 7) is 5.11. The minimum atomic E-state index is -4.62. The van der Waals surface area contributed by atoms with Crippen molar-refractivity contribution in [1.29, 1.82) is 5.26 Å². The van der Waals surface area contributed by atoms with E-state index in [0.717, 1.165) is 53.4 Å². The van der Waals surface area contributed by atoms with Crippen molar-refractivity contribution >= 4 is 0 Å². The van der Waals surface area contributed by atoms with Crippen molar-refractivity contribution in [3.8, 4) is 6.07 Å². The molecule has 2 aromatic rings. The summed E-state index contributed by atoms with van der Waals surface area (Å²) in [7, 11) is 0. The Morgan fingerprint density at radius 1 is 1.14 bits per heavy atom. The van der Waals surface area contributed by atoms with Crippen LogP contribution < -0.4 is 0 Å². The average molecular weight is 499 g/mol. The normalized spacial score (nSPS) is 25.6. The number of hydrogen-bond donors (Lipinski definition) is 1. The molecule has 36 heavy (non-hydrogen) atoms. The van der Waals surface area contributed by atoms with Gasteiger partial charge in [-0.2, -0.15) is 18.4 Å². The fraction of sp³-hybridized carbons (Fsp3) is 0.571. The highest BCUT2D eigenvalue weighted by Crippen LogP contribution is 2.62. The Morgan fingerprint density at radius 2 is 1.86 bits per heavy atom. The second-order valence-corrected chi connectivity index (χ2v) is 11.2. The largest absolute Gasteiger partial charge is 0.417 e. The van der Waals surface area contributed by atoms with E-state index in [1.165, 1.54) is 12.1 Å². The van der Waals surface area contributed by atoms with Crippen molar-refractivity contribution in [3.05, 3.63) is 63.0 Å². The van der Waals surface area contributed by atoms with E-state index in [1.807, 2.05) is 0 Å². The van der Waals surface area contributed by atoms with Crippen LogP contribution in [0.15, 0.2) is 18.2 Å². The average Bonchev–Trinajstić information content (AvgIpc) is 3.50. The molecule has 2 aliphatic carbocycles. The first-order valence-electron chi connectivity index (χ1n) is 12.7. The fourth-order valence-electron chi connectivity index (χ4n) is 6.58. The lowest BCUT2D eigenvalue weighted by Gasteiger charge is -2.38. The van der Waals surface area contributed by atoms with Gasteiger partial charge in [0.05, 0.1) is 28.9 Å². The summed E-state index contributed by atoms with van der Waals surface area (Å²) in [4.78, 5) is 5.11. The number of nitrogens with zero attached hydrogens (tertiary/aromatic N) is 2. The van der Waals surface area contributed by atoms with Crippen LogP contribution in [0.4, 0.5) is 13.2 Å². The highest BCUT2D eigenvalue weighted by Gasteiger charge is 2.55. The first-order chi connectivity index (χ1) is 17.1. The van der Waals surface area contributed by atoms with Gasteiger partial charge in [-0.1, -0.05) is 19.9 Å². The Bertz CT molecular complexity index is 1270. The van der Waals surface area contributed by atoms with Crippen LogP contribution in [0.3, 0.4) is 0 Å². The topological polar surface area (TPSA) is 75.4 Å². The van der Waals surface area contributed by atoms with E-state index in [2.05, 4.69) is 13.8 Å². The van der Waals surface area contributed by atoms with Crippen molar-refractivity contribution in [2.24, 2.45) is 5.41 Å². The van der Waals surface area contributed by atoms with Gasteiger partial charge >= 0.3 is 6.18 Å². The van der Waals surface area contributed by atoms with E-state index in [-0.39, 0.29) is 11.3 Å². The number of aromatic nitrogens is 1. The highest BCUT2D eigenvalue weighted by atomic mass is 19.4. The molecule has 2 spiro atoms. The third-order valence-corrected chi connectivity index (χ3v) is 8.52. The molecule has 1 aromatic heterocycles. The Kier molecular flexibility index (Phi) is 5.32. The molecule has 1 saturated carbocycles. The first kappa shape index (κ1) is 23.9. The van der Waals surface area contributed by atoms with Crippen molar-refractivity contribution in [1.82, 2.24) is 4.98 Å². The molecule has 1 N–H and O–H groups in total. The fourth-order valence-corrected chi connectivity index (χ4v) is 6.58. The van der Waals surface area contributed by atoms with Crippen LogP contribution >= 0.6 is 0 Å². The molecule has 0 bridgehead atoms. The SMILES string of the molecule is CC(C)c1nc2c(c3c1[C@H](c1ccc(C(F)(F)F)c(C#N)c1)OC31CCOCC1)[C@@H](O)CC1(CC1)C2. The molecule has 4 aliphatic rings. The molecule has 3 heterocycles. The lowest BCUT2D eigenvalue weighted by Crippen LogP contribution is -2.36. The van der Waals surface area contributed by atoms with Crippen molar-refractivity contribution < 1.29 is 27.8 Å². The zero-order chi connectivity index (χ0) is 25.5. The third-order valence-electron chi connectivity index (χ3n) is 8.52. The van der Waals surface area contributed by atoms with Gasteiger partial charge in [0.1, 0.15) is 6.10 Å². The molecule has 1 saturated heterocycles. The summed E-state index contributed by atoms with van der Waals surface area (Å²) in [5.74, 6) is 0.0456. The number of aliphatic hydroxyl groups is 1. The molecule has 0 amide bonds. The van der Waals surface area contributed by atoms with E-state index in [9.17, 15) is 23.5 Å². The molecule has 0 unspecified atom stereocenters. The predicted molar refractivity (Wildman–Crippen MR) is 124 cm³/mol. The monoisotopic (exact) mass is 498 g/mol. The molecule has 8 heteroatoms. The number of halogens is 3. The van der Waals surface area contributed by atoms with Gasteiger partial charge in [0.2, 0.25) is 0 Å². The van der Waals surface area contributed by atoms with E-state index >= 15 is 0 Å². The summed E-state index contributed by atoms with van der Waals surface area (Å²) in [5, 5.41) is 20.9. The molecule has 0 radical (unpaired) electrons. The van der Waals surface area contributed by atoms with E-state index in [4.69, 9.17) is 14.5 Å². The number of rotatable bonds is 2. The van der Waals surface area contributed by atoms with Gasteiger partial charge in [0.15, 0.2) is 0 Å². The molecule has 6 rings (SSSR count). The second-order valence-electron chi connectivity index (χ2n) is 11.2. The summed E-state index contributed by atoms with van der Waals surface area (Å²) in [5.41, 5.74) is 3.01. The molecule has 2 atom stereocenters. The van der Waals surface area contributed by atoms with Crippen LogP contribution in [0.25, 0.3) is 0 Å². The minimum Gasteiger partial charge on any atom is -0.388 e. The summed E-state index contributed by atoms with van der Waals surface area (Å²) in [6.07, 6.45) is -1.03. The standard InChI is InChI=1S/C28H29F3N2O3/c1-15(2)24-22-23(21-19(33-24)12-26(5-6-26)13-20(21)34)27(7-9-35-10-8-27)36-25(22)16-3-4-18(28(29,30)31)17(11-16)14-32/h3-4,11,15,20,25,34H,5-10,12-13H2,1-2H3/t20-,25-/m0/s1. The van der Waals surface area contributed by atoms with Crippen LogP contribution in [0, 0.1) is 16.7 Å². The molecular weight excluding hydrogens is 469 g/mol. The van der Waals surface area contributed by atoms with Crippen LogP contribution in [0.1, 0.15) is 109 Å². The Balaban J connectivity index is 1.58. The number of pyridine rings is 1. The Hall–Kier alpha value is -2.47. The molecule has 190 valence electrons. The first-order valence-corrected chi connectivity index (χ1v) is 12.7. The van der Waals surface area contributed by atoms with Gasteiger partial charge in [0.25, 0.3) is 0 Å². The minimum absolute atomic E-state index is 0.0456. The van der Waals surface area contributed by atoms with Gasteiger partial charge < -0.3 is 14.6 Å². The van der Waals surface area contributed by atoms with Gasteiger partial charge in [-0.3, -0.25) is 4.98 Å². The summed E-state index contributed by atoms with van der Waals surface area (Å²) in [6, 6.07) is 5.40. The van der Waals surface area contributed by atoms with Crippen molar-refractivity contribution in [2.45, 2.75) is 82.3 Å². The van der Waals surface area contributed by atoms with Gasteiger partial charge in [-0.05, 0) is 60.3 Å². The third kappa shape index (κ3) is 3.59. The van der Waals surface area contributed by atoms with E-state index < -0.39 is 35.1 Å². The number of ether oxygens (including phenoxy) is 2. The smallest absolute Gasteiger partial charge is 0.388 e. The molecule has 2 fully saturated rings. The highest BCUT2D eigenvalue weighted by molar-refractivity contribution is 5.56. The maximum Gasteiger partial charge on any atom is 0.417 e. The van der Waals surface area contributed by atoms with Crippen LogP contribution in [0.5, 0.6) is 0 Å². The summed E-state index contributed by atoms with van der Waals surface area (Å²) < 4.78 is 53.0. The number of hydrogen-bond acceptors (Lipinski definition) is 5. The summed E-state index contributed by atoms with van der Waals surface area (Å²) >= 11 is 0. The van der Waals surface area contributed by atoms with E-state index in [0.29, 0.717) is 38.0 Å². The van der Waals surface area contributed by atoms with Gasteiger partial charge in [-0.15, -0.1) is 0 Å². The Labute approximate surface area is 208 Å². The van der Waals surface area contributed by atoms with Gasteiger partial charge in [-0.25, -0.2) is 0 Å². The lowest BCUT2D eigenvalue weighted by molar-refractivity contribution is -0.138. The molecule has 5 nitrogen and oxygen atoms in total. The van der Waals surface area contributed by atoms with Crippen molar-refractivity contribution in [2.75, 3.05) is 13.2 Å². The number of fused-ring (bicyclic) bond motifs is 4. The zero-order valence-corrected chi connectivity index (χ0v) is 20.4. The quantitative estimate of drug-likeness (QED) is 0.551. The van der Waals surface area contributed by atoms with Crippen LogP contribution in [0.2, 0.25) is 0 Å². The lowest BCUT2D eigenvalue weighted by atomic mass is 9.73. The van der Waals surface area contributed by atoms with Crippen LogP contribution in [-0.4, -0.2) is 23.3 Å². The second kappa shape index (κ2) is 8.01. The molecule has 1 aromatic carbocycles. The number of nitriles is 1.